The highest BCUT2D eigenvalue weighted by molar-refractivity contribution is 5.91. The van der Waals surface area contributed by atoms with Crippen molar-refractivity contribution < 1.29 is 28.6 Å². The maximum Gasteiger partial charge on any atom is 0.408 e. The molecule has 5 N–H and O–H groups in total. The molecule has 0 heterocycles. The van der Waals surface area contributed by atoms with Gasteiger partial charge in [0.15, 0.2) is 0 Å². The number of nitrogens with one attached hydrogen (secondary N) is 2. The quantitative estimate of drug-likeness (QED) is 0.484. The van der Waals surface area contributed by atoms with Crippen LogP contribution in [0.3, 0.4) is 0 Å². The lowest BCUT2D eigenvalue weighted by molar-refractivity contribution is -0.130. The Labute approximate surface area is 173 Å². The predicted octanol–water partition coefficient (Wildman–Crippen LogP) is 1.01. The Morgan fingerprint density at radius 3 is 2.33 bits per heavy atom. The molecule has 0 aliphatic carbocycles. The van der Waals surface area contributed by atoms with Crippen molar-refractivity contribution in [3.63, 3.8) is 0 Å². The third-order valence-corrected chi connectivity index (χ3v) is 4.24. The smallest absolute Gasteiger partial charge is 0.408 e. The van der Waals surface area contributed by atoms with E-state index in [2.05, 4.69) is 10.6 Å². The molecule has 0 fully saturated rings. The summed E-state index contributed by atoms with van der Waals surface area (Å²) in [6, 6.07) is 11.9. The highest BCUT2D eigenvalue weighted by atomic mass is 19.1. The first-order chi connectivity index (χ1) is 14.3. The molecule has 0 radical (unpaired) electrons. The van der Waals surface area contributed by atoms with Crippen molar-refractivity contribution in [3.8, 4) is 0 Å². The number of hydrogen-bond acceptors (Lipinski definition) is 5. The Kier molecular flexibility index (Phi) is 8.30. The van der Waals surface area contributed by atoms with E-state index in [0.29, 0.717) is 5.56 Å². The number of aliphatic hydroxyl groups is 1. The van der Waals surface area contributed by atoms with Crippen LogP contribution >= 0.6 is 0 Å². The van der Waals surface area contributed by atoms with E-state index in [1.54, 1.807) is 30.3 Å². The summed E-state index contributed by atoms with van der Waals surface area (Å²) in [5.41, 5.74) is 6.53. The van der Waals surface area contributed by atoms with Gasteiger partial charge in [-0.2, -0.15) is 0 Å². The Bertz CT molecular complexity index is 876. The second kappa shape index (κ2) is 10.9. The van der Waals surface area contributed by atoms with Crippen LogP contribution in [0.5, 0.6) is 0 Å². The van der Waals surface area contributed by atoms with Gasteiger partial charge in [0, 0.05) is 6.42 Å². The molecule has 2 aromatic carbocycles. The van der Waals surface area contributed by atoms with Crippen molar-refractivity contribution in [2.75, 3.05) is 0 Å². The number of carbonyl (C=O) groups excluding carboxylic acids is 3. The summed E-state index contributed by atoms with van der Waals surface area (Å²) in [6.45, 7) is 1.28. The summed E-state index contributed by atoms with van der Waals surface area (Å²) >= 11 is 0. The minimum atomic E-state index is -1.39. The first-order valence-corrected chi connectivity index (χ1v) is 9.25. The number of carbonyl (C=O) groups is 3. The molecule has 2 rings (SSSR count). The van der Waals surface area contributed by atoms with Gasteiger partial charge in [-0.3, -0.25) is 9.59 Å². The zero-order valence-corrected chi connectivity index (χ0v) is 16.4. The first-order valence-electron chi connectivity index (χ1n) is 9.25. The summed E-state index contributed by atoms with van der Waals surface area (Å²) in [6.07, 6.45) is -2.25. The Morgan fingerprint density at radius 2 is 1.73 bits per heavy atom. The number of benzene rings is 2. The molecule has 0 saturated carbocycles. The molecule has 3 atom stereocenters. The van der Waals surface area contributed by atoms with Crippen LogP contribution < -0.4 is 16.4 Å². The summed E-state index contributed by atoms with van der Waals surface area (Å²) in [7, 11) is 0. The summed E-state index contributed by atoms with van der Waals surface area (Å²) in [5.74, 6) is -2.17. The number of primary amides is 1. The number of amides is 3. The van der Waals surface area contributed by atoms with E-state index in [0.717, 1.165) is 5.56 Å². The number of alkyl carbamates (subject to hydrolysis) is 1. The van der Waals surface area contributed by atoms with Crippen LogP contribution in [0.15, 0.2) is 54.6 Å². The van der Waals surface area contributed by atoms with E-state index in [-0.39, 0.29) is 13.0 Å². The molecule has 160 valence electrons. The fraction of sp³-hybridized carbons (Fsp3) is 0.286. The molecule has 30 heavy (non-hydrogen) atoms. The van der Waals surface area contributed by atoms with Gasteiger partial charge in [0.2, 0.25) is 11.8 Å². The second-order valence-electron chi connectivity index (χ2n) is 6.72. The highest BCUT2D eigenvalue weighted by Crippen LogP contribution is 2.08. The van der Waals surface area contributed by atoms with Crippen LogP contribution in [0.1, 0.15) is 18.1 Å². The van der Waals surface area contributed by atoms with Gasteiger partial charge in [-0.25, -0.2) is 9.18 Å². The van der Waals surface area contributed by atoms with Crippen LogP contribution in [0.4, 0.5) is 9.18 Å². The third-order valence-electron chi connectivity index (χ3n) is 4.24. The van der Waals surface area contributed by atoms with Crippen molar-refractivity contribution in [2.45, 2.75) is 38.1 Å². The van der Waals surface area contributed by atoms with Crippen molar-refractivity contribution >= 4 is 17.9 Å². The Morgan fingerprint density at radius 1 is 1.07 bits per heavy atom. The van der Waals surface area contributed by atoms with E-state index in [9.17, 15) is 23.9 Å². The summed E-state index contributed by atoms with van der Waals surface area (Å²) in [5, 5.41) is 14.5. The lowest BCUT2D eigenvalue weighted by atomic mass is 10.0. The van der Waals surface area contributed by atoms with Crippen LogP contribution in [0.2, 0.25) is 0 Å². The van der Waals surface area contributed by atoms with Crippen molar-refractivity contribution in [3.05, 3.63) is 71.5 Å². The molecule has 0 aliphatic heterocycles. The van der Waals surface area contributed by atoms with Gasteiger partial charge in [0.25, 0.3) is 0 Å². The van der Waals surface area contributed by atoms with Gasteiger partial charge in [0.1, 0.15) is 24.5 Å². The van der Waals surface area contributed by atoms with Crippen molar-refractivity contribution in [1.82, 2.24) is 10.6 Å². The van der Waals surface area contributed by atoms with E-state index < -0.39 is 41.9 Å². The number of rotatable bonds is 9. The summed E-state index contributed by atoms with van der Waals surface area (Å²) in [4.78, 5) is 36.3. The topological polar surface area (TPSA) is 131 Å². The highest BCUT2D eigenvalue weighted by Gasteiger charge is 2.29. The zero-order valence-electron chi connectivity index (χ0n) is 16.4. The van der Waals surface area contributed by atoms with E-state index in [1.165, 1.54) is 25.1 Å². The Hall–Kier alpha value is -3.46. The van der Waals surface area contributed by atoms with Crippen LogP contribution in [-0.4, -0.2) is 41.2 Å². The number of aliphatic hydroxyl groups excluding tert-OH is 1. The molecule has 8 nitrogen and oxygen atoms in total. The van der Waals surface area contributed by atoms with Gasteiger partial charge in [-0.05, 0) is 30.2 Å². The van der Waals surface area contributed by atoms with E-state index in [4.69, 9.17) is 10.5 Å². The van der Waals surface area contributed by atoms with Crippen LogP contribution in [0, 0.1) is 5.82 Å². The normalized spacial score (nSPS) is 13.6. The predicted molar refractivity (Wildman–Crippen MR) is 106 cm³/mol. The average Bonchev–Trinajstić information content (AvgIpc) is 2.70. The average molecular weight is 417 g/mol. The molecular formula is C21H24FN3O5. The number of halogens is 1. The van der Waals surface area contributed by atoms with Crippen LogP contribution in [-0.2, 0) is 27.4 Å². The van der Waals surface area contributed by atoms with Crippen LogP contribution in [0.25, 0.3) is 0 Å². The minimum Gasteiger partial charge on any atom is -0.445 e. The lowest BCUT2D eigenvalue weighted by Gasteiger charge is -2.23. The van der Waals surface area contributed by atoms with Gasteiger partial charge in [-0.15, -0.1) is 0 Å². The molecule has 0 aromatic heterocycles. The molecular weight excluding hydrogens is 393 g/mol. The fourth-order valence-electron chi connectivity index (χ4n) is 2.68. The molecule has 2 aromatic rings. The molecule has 3 amide bonds. The molecule has 9 heteroatoms. The maximum atomic E-state index is 13.4. The zero-order chi connectivity index (χ0) is 22.1. The molecule has 0 spiro atoms. The Balaban J connectivity index is 1.98. The first kappa shape index (κ1) is 22.8. The molecule has 0 unspecified atom stereocenters. The van der Waals surface area contributed by atoms with Gasteiger partial charge >= 0.3 is 6.09 Å². The van der Waals surface area contributed by atoms with Gasteiger partial charge in [-0.1, -0.05) is 42.5 Å². The second-order valence-corrected chi connectivity index (χ2v) is 6.72. The molecule has 0 aliphatic rings. The van der Waals surface area contributed by atoms with E-state index in [1.807, 2.05) is 6.07 Å². The largest absolute Gasteiger partial charge is 0.445 e. The van der Waals surface area contributed by atoms with Gasteiger partial charge in [0.05, 0.1) is 6.10 Å². The number of ether oxygens (including phenoxy) is 1. The molecule has 0 bridgehead atoms. The standard InChI is InChI=1S/C21H24FN3O5/c1-13(26)18(25-21(29)30-12-14-6-3-2-4-7-14)20(28)24-17(19(23)27)11-15-8-5-9-16(22)10-15/h2-10,13,17-18,26H,11-12H2,1H3,(H2,23,27)(H,24,28)(H,25,29)/t13-,17+,18+/m1/s1. The maximum absolute atomic E-state index is 13.4. The van der Waals surface area contributed by atoms with Crippen molar-refractivity contribution in [2.24, 2.45) is 5.73 Å². The number of hydrogen-bond donors (Lipinski definition) is 4. The molecule has 0 saturated heterocycles. The number of nitrogens with two attached hydrogens (primary N) is 1. The fourth-order valence-corrected chi connectivity index (χ4v) is 2.68. The monoisotopic (exact) mass is 417 g/mol. The third kappa shape index (κ3) is 7.17. The van der Waals surface area contributed by atoms with Crippen molar-refractivity contribution in [1.29, 1.82) is 0 Å². The minimum absolute atomic E-state index is 0.0235. The SMILES string of the molecule is C[C@@H](O)[C@H](NC(=O)OCc1ccccc1)C(=O)N[C@@H](Cc1cccc(F)c1)C(N)=O. The lowest BCUT2D eigenvalue weighted by Crippen LogP contribution is -2.57. The summed E-state index contributed by atoms with van der Waals surface area (Å²) < 4.78 is 18.4. The van der Waals surface area contributed by atoms with E-state index >= 15 is 0 Å². The van der Waals surface area contributed by atoms with Gasteiger partial charge < -0.3 is 26.2 Å².